The molecule has 0 radical (unpaired) electrons. The first-order chi connectivity index (χ1) is 7.55. The van der Waals surface area contributed by atoms with E-state index in [1.165, 1.54) is 49.7 Å². The lowest BCUT2D eigenvalue weighted by Crippen LogP contribution is -2.12. The lowest BCUT2D eigenvalue weighted by Gasteiger charge is -2.19. The molecule has 1 aromatic rings. The van der Waals surface area contributed by atoms with E-state index in [1.807, 2.05) is 0 Å². The summed E-state index contributed by atoms with van der Waals surface area (Å²) in [6.45, 7) is 9.13. The van der Waals surface area contributed by atoms with E-state index in [0.717, 1.165) is 0 Å². The van der Waals surface area contributed by atoms with Gasteiger partial charge in [0.05, 0.1) is 0 Å². The van der Waals surface area contributed by atoms with Crippen LogP contribution in [0.15, 0.2) is 12.4 Å². The van der Waals surface area contributed by atoms with Crippen LogP contribution in [0.25, 0.3) is 0 Å². The molecule has 1 nitrogen and oxygen atoms in total. The molecule has 0 aliphatic rings. The molecule has 0 spiro atoms. The van der Waals surface area contributed by atoms with Gasteiger partial charge in [-0.15, -0.1) is 0 Å². The van der Waals surface area contributed by atoms with Gasteiger partial charge in [0.15, 0.2) is 0 Å². The van der Waals surface area contributed by atoms with Gasteiger partial charge in [0.2, 0.25) is 0 Å². The zero-order chi connectivity index (χ0) is 12.0. The number of aromatic nitrogens is 1. The number of hydrogen-bond donors (Lipinski definition) is 1. The van der Waals surface area contributed by atoms with Gasteiger partial charge in [-0.1, -0.05) is 53.4 Å². The van der Waals surface area contributed by atoms with Gasteiger partial charge < -0.3 is 4.98 Å². The summed E-state index contributed by atoms with van der Waals surface area (Å²) in [5.41, 5.74) is 3.28. The van der Waals surface area contributed by atoms with E-state index in [4.69, 9.17) is 0 Å². The van der Waals surface area contributed by atoms with Crippen LogP contribution in [-0.4, -0.2) is 4.98 Å². The highest BCUT2D eigenvalue weighted by atomic mass is 14.6. The number of aryl methyl sites for hydroxylation is 1. The summed E-state index contributed by atoms with van der Waals surface area (Å²) < 4.78 is 0. The monoisotopic (exact) mass is 221 g/mol. The van der Waals surface area contributed by atoms with E-state index in [2.05, 4.69) is 45.1 Å². The first-order valence-corrected chi connectivity index (χ1v) is 6.72. The van der Waals surface area contributed by atoms with Crippen LogP contribution < -0.4 is 0 Å². The molecule has 0 unspecified atom stereocenters. The van der Waals surface area contributed by atoms with E-state index in [9.17, 15) is 0 Å². The average Bonchev–Trinajstić information content (AvgIpc) is 2.65. The van der Waals surface area contributed by atoms with Crippen molar-refractivity contribution in [3.8, 4) is 0 Å². The van der Waals surface area contributed by atoms with Crippen molar-refractivity contribution in [3.63, 3.8) is 0 Å². The Hall–Kier alpha value is -0.720. The minimum atomic E-state index is 0.277. The molecule has 1 heteroatoms. The fraction of sp³-hybridized carbons (Fsp3) is 0.733. The topological polar surface area (TPSA) is 15.8 Å². The van der Waals surface area contributed by atoms with Crippen molar-refractivity contribution in [3.05, 3.63) is 23.5 Å². The van der Waals surface area contributed by atoms with Gasteiger partial charge in [0, 0.05) is 12.4 Å². The summed E-state index contributed by atoms with van der Waals surface area (Å²) in [4.78, 5) is 3.26. The number of unbranched alkanes of at least 4 members (excludes halogenated alkanes) is 4. The summed E-state index contributed by atoms with van der Waals surface area (Å²) in [5.74, 6) is 0. The molecule has 0 bridgehead atoms. The van der Waals surface area contributed by atoms with Crippen LogP contribution in [0, 0.1) is 0 Å². The summed E-state index contributed by atoms with van der Waals surface area (Å²) in [6.07, 6.45) is 12.4. The Morgan fingerprint density at radius 3 is 2.31 bits per heavy atom. The van der Waals surface area contributed by atoms with Gasteiger partial charge in [-0.25, -0.2) is 0 Å². The Kier molecular flexibility index (Phi) is 5.11. The largest absolute Gasteiger partial charge is 0.367 e. The number of rotatable bonds is 6. The molecule has 1 rings (SSSR count). The highest BCUT2D eigenvalue weighted by Crippen LogP contribution is 2.26. The van der Waals surface area contributed by atoms with Gasteiger partial charge in [-0.3, -0.25) is 0 Å². The minimum absolute atomic E-state index is 0.277. The second-order valence-electron chi connectivity index (χ2n) is 5.81. The van der Waals surface area contributed by atoms with Crippen molar-refractivity contribution in [2.24, 2.45) is 0 Å². The maximum absolute atomic E-state index is 3.26. The van der Waals surface area contributed by atoms with Gasteiger partial charge in [-0.05, 0) is 29.4 Å². The highest BCUT2D eigenvalue weighted by Gasteiger charge is 2.17. The molecule has 0 atom stereocenters. The fourth-order valence-electron chi connectivity index (χ4n) is 2.22. The van der Waals surface area contributed by atoms with Crippen molar-refractivity contribution in [2.45, 2.75) is 71.6 Å². The Bertz CT molecular complexity index is 291. The van der Waals surface area contributed by atoms with E-state index in [0.29, 0.717) is 0 Å². The number of hydrogen-bond acceptors (Lipinski definition) is 0. The molecular formula is C15H27N. The van der Waals surface area contributed by atoms with Crippen molar-refractivity contribution in [2.75, 3.05) is 0 Å². The summed E-state index contributed by atoms with van der Waals surface area (Å²) >= 11 is 0. The molecule has 0 aliphatic carbocycles. The third-order valence-electron chi connectivity index (χ3n) is 3.19. The maximum Gasteiger partial charge on any atom is 0.00455 e. The minimum Gasteiger partial charge on any atom is -0.367 e. The Morgan fingerprint density at radius 1 is 1.00 bits per heavy atom. The molecule has 0 aliphatic heterocycles. The SMILES string of the molecule is CCCCCCCc1c[nH]cc1C(C)(C)C. The maximum atomic E-state index is 3.26. The van der Waals surface area contributed by atoms with Gasteiger partial charge >= 0.3 is 0 Å². The first-order valence-electron chi connectivity index (χ1n) is 6.72. The molecule has 0 saturated heterocycles. The Balaban J connectivity index is 2.40. The molecule has 1 N–H and O–H groups in total. The van der Waals surface area contributed by atoms with Gasteiger partial charge in [0.25, 0.3) is 0 Å². The molecule has 92 valence electrons. The summed E-state index contributed by atoms with van der Waals surface area (Å²) in [6, 6.07) is 0. The smallest absolute Gasteiger partial charge is 0.00455 e. The van der Waals surface area contributed by atoms with Crippen LogP contribution >= 0.6 is 0 Å². The third kappa shape index (κ3) is 4.03. The zero-order valence-corrected chi connectivity index (χ0v) is 11.4. The second-order valence-corrected chi connectivity index (χ2v) is 5.81. The van der Waals surface area contributed by atoms with Crippen LogP contribution in [0.3, 0.4) is 0 Å². The van der Waals surface area contributed by atoms with Crippen molar-refractivity contribution in [1.82, 2.24) is 4.98 Å². The first kappa shape index (κ1) is 13.3. The van der Waals surface area contributed by atoms with Crippen molar-refractivity contribution >= 4 is 0 Å². The van der Waals surface area contributed by atoms with E-state index >= 15 is 0 Å². The van der Waals surface area contributed by atoms with Gasteiger partial charge in [-0.2, -0.15) is 0 Å². The average molecular weight is 221 g/mol. The third-order valence-corrected chi connectivity index (χ3v) is 3.19. The normalized spacial score (nSPS) is 12.0. The van der Waals surface area contributed by atoms with Crippen LogP contribution in [0.2, 0.25) is 0 Å². The van der Waals surface area contributed by atoms with Crippen LogP contribution in [-0.2, 0) is 11.8 Å². The Morgan fingerprint density at radius 2 is 1.69 bits per heavy atom. The Labute approximate surface area is 101 Å². The standard InChI is InChI=1S/C15H27N/c1-5-6-7-8-9-10-13-11-16-12-14(13)15(2,3)4/h11-12,16H,5-10H2,1-4H3. The number of nitrogens with one attached hydrogen (secondary N) is 1. The molecule has 0 saturated carbocycles. The molecule has 0 amide bonds. The molecule has 0 aromatic carbocycles. The lowest BCUT2D eigenvalue weighted by molar-refractivity contribution is 0.576. The van der Waals surface area contributed by atoms with E-state index in [1.54, 1.807) is 0 Å². The number of aromatic amines is 1. The molecule has 1 aromatic heterocycles. The van der Waals surface area contributed by atoms with Crippen molar-refractivity contribution < 1.29 is 0 Å². The second kappa shape index (κ2) is 6.12. The van der Waals surface area contributed by atoms with Gasteiger partial charge in [0.1, 0.15) is 0 Å². The predicted octanol–water partition coefficient (Wildman–Crippen LogP) is 4.83. The highest BCUT2D eigenvalue weighted by molar-refractivity contribution is 5.29. The van der Waals surface area contributed by atoms with E-state index < -0.39 is 0 Å². The van der Waals surface area contributed by atoms with E-state index in [-0.39, 0.29) is 5.41 Å². The lowest BCUT2D eigenvalue weighted by atomic mass is 9.85. The zero-order valence-electron chi connectivity index (χ0n) is 11.4. The van der Waals surface area contributed by atoms with Crippen LogP contribution in [0.1, 0.15) is 70.9 Å². The summed E-state index contributed by atoms with van der Waals surface area (Å²) in [7, 11) is 0. The van der Waals surface area contributed by atoms with Crippen LogP contribution in [0.4, 0.5) is 0 Å². The fourth-order valence-corrected chi connectivity index (χ4v) is 2.22. The molecule has 1 heterocycles. The van der Waals surface area contributed by atoms with Crippen LogP contribution in [0.5, 0.6) is 0 Å². The van der Waals surface area contributed by atoms with Crippen molar-refractivity contribution in [1.29, 1.82) is 0 Å². The quantitative estimate of drug-likeness (QED) is 0.663. The molecule has 16 heavy (non-hydrogen) atoms. The summed E-state index contributed by atoms with van der Waals surface area (Å²) in [5, 5.41) is 0. The molecule has 0 fully saturated rings. The number of H-pyrrole nitrogens is 1. The predicted molar refractivity (Wildman–Crippen MR) is 72.0 cm³/mol. The molecular weight excluding hydrogens is 194 g/mol.